The van der Waals surface area contributed by atoms with E-state index in [9.17, 15) is 4.79 Å². The van der Waals surface area contributed by atoms with Crippen LogP contribution in [0.2, 0.25) is 0 Å². The third-order valence-corrected chi connectivity index (χ3v) is 6.57. The van der Waals surface area contributed by atoms with Crippen molar-refractivity contribution >= 4 is 50.6 Å². The lowest BCUT2D eigenvalue weighted by Gasteiger charge is -2.29. The molecule has 0 aliphatic carbocycles. The lowest BCUT2D eigenvalue weighted by atomic mass is 10.1. The minimum absolute atomic E-state index is 0.0362. The highest BCUT2D eigenvalue weighted by molar-refractivity contribution is 9.11. The molecule has 0 saturated heterocycles. The number of thioether (sulfide) groups is 1. The molecule has 4 rings (SSSR count). The molecule has 0 fully saturated rings. The predicted molar refractivity (Wildman–Crippen MR) is 115 cm³/mol. The summed E-state index contributed by atoms with van der Waals surface area (Å²) in [5, 5.41) is 9.17. The third kappa shape index (κ3) is 3.54. The number of ether oxygens (including phenoxy) is 1. The number of nitrogens with zero attached hydrogens (tertiary/aromatic N) is 4. The number of thiophene rings is 1. The fourth-order valence-electron chi connectivity index (χ4n) is 2.99. The van der Waals surface area contributed by atoms with Crippen LogP contribution in [0.3, 0.4) is 0 Å². The Kier molecular flexibility index (Phi) is 5.65. The van der Waals surface area contributed by atoms with Gasteiger partial charge < -0.3 is 4.74 Å². The Bertz CT molecular complexity index is 1030. The number of para-hydroxylation sites is 1. The van der Waals surface area contributed by atoms with E-state index in [0.29, 0.717) is 23.2 Å². The zero-order valence-electron chi connectivity index (χ0n) is 15.3. The van der Waals surface area contributed by atoms with Gasteiger partial charge in [0.15, 0.2) is 5.69 Å². The van der Waals surface area contributed by atoms with E-state index in [-0.39, 0.29) is 5.91 Å². The number of hydrogen-bond acceptors (Lipinski definition) is 7. The van der Waals surface area contributed by atoms with Crippen molar-refractivity contribution in [1.82, 2.24) is 15.2 Å². The van der Waals surface area contributed by atoms with Gasteiger partial charge in [-0.15, -0.1) is 21.5 Å². The van der Waals surface area contributed by atoms with Gasteiger partial charge in [-0.25, -0.2) is 0 Å². The molecule has 9 heteroatoms. The molecule has 1 aliphatic heterocycles. The van der Waals surface area contributed by atoms with Gasteiger partial charge in [-0.3, -0.25) is 9.69 Å². The molecule has 3 aromatic rings. The lowest BCUT2D eigenvalue weighted by molar-refractivity contribution is -0.120. The van der Waals surface area contributed by atoms with Crippen LogP contribution < -0.4 is 9.64 Å². The van der Waals surface area contributed by atoms with Crippen molar-refractivity contribution in [1.29, 1.82) is 0 Å². The predicted octanol–water partition coefficient (Wildman–Crippen LogP) is 5.31. The smallest absolute Gasteiger partial charge is 0.247 e. The Hall–Kier alpha value is -1.97. The van der Waals surface area contributed by atoms with Crippen molar-refractivity contribution in [2.45, 2.75) is 31.7 Å². The van der Waals surface area contributed by atoms with E-state index in [1.165, 1.54) is 23.1 Å². The number of halogens is 1. The van der Waals surface area contributed by atoms with Gasteiger partial charge in [0.05, 0.1) is 14.4 Å². The molecule has 2 aromatic heterocycles. The molecule has 1 atom stereocenters. The molecule has 6 nitrogen and oxygen atoms in total. The maximum absolute atomic E-state index is 13.0. The number of aromatic nitrogens is 3. The molecule has 1 amide bonds. The van der Waals surface area contributed by atoms with Gasteiger partial charge in [-0.1, -0.05) is 43.8 Å². The second-order valence-corrected chi connectivity index (χ2v) is 9.65. The average Bonchev–Trinajstić information content (AvgIpc) is 3.08. The monoisotopic (exact) mass is 476 g/mol. The highest BCUT2D eigenvalue weighted by Gasteiger charge is 2.36. The number of rotatable bonds is 4. The highest BCUT2D eigenvalue weighted by Crippen LogP contribution is 2.45. The first-order valence-electron chi connectivity index (χ1n) is 8.83. The van der Waals surface area contributed by atoms with Crippen LogP contribution in [0.4, 0.5) is 5.69 Å². The Morgan fingerprint density at radius 2 is 2.07 bits per heavy atom. The van der Waals surface area contributed by atoms with Crippen LogP contribution in [0.25, 0.3) is 11.3 Å². The summed E-state index contributed by atoms with van der Waals surface area (Å²) in [6.45, 7) is 3.88. The fraction of sp³-hybridized carbons (Fsp3) is 0.263. The number of hydrogen-bond donors (Lipinski definition) is 0. The van der Waals surface area contributed by atoms with E-state index >= 15 is 0 Å². The molecule has 0 spiro atoms. The van der Waals surface area contributed by atoms with Crippen LogP contribution in [-0.2, 0) is 4.79 Å². The number of carbonyl (C=O) groups excluding carboxylic acids is 1. The molecule has 0 unspecified atom stereocenters. The van der Waals surface area contributed by atoms with E-state index in [2.05, 4.69) is 31.1 Å². The van der Waals surface area contributed by atoms with Gasteiger partial charge >= 0.3 is 0 Å². The SMILES string of the molecule is CCSc1nnc2c(n1)O[C@H](c1ccc(Br)s1)N(C(=O)CC)c1ccccc1-2. The Morgan fingerprint density at radius 3 is 2.79 bits per heavy atom. The summed E-state index contributed by atoms with van der Waals surface area (Å²) >= 11 is 6.53. The van der Waals surface area contributed by atoms with Crippen molar-refractivity contribution in [3.63, 3.8) is 0 Å². The largest absolute Gasteiger partial charge is 0.446 e. The van der Waals surface area contributed by atoms with Crippen LogP contribution in [-0.4, -0.2) is 26.8 Å². The fourth-order valence-corrected chi connectivity index (χ4v) is 4.94. The van der Waals surface area contributed by atoms with Crippen LogP contribution in [0.15, 0.2) is 45.3 Å². The molecular weight excluding hydrogens is 460 g/mol. The first kappa shape index (κ1) is 19.4. The average molecular weight is 477 g/mol. The zero-order chi connectivity index (χ0) is 19.7. The normalized spacial score (nSPS) is 15.4. The number of carbonyl (C=O) groups is 1. The first-order valence-corrected chi connectivity index (χ1v) is 11.4. The maximum Gasteiger partial charge on any atom is 0.247 e. The van der Waals surface area contributed by atoms with Gasteiger partial charge in [-0.2, -0.15) is 4.98 Å². The van der Waals surface area contributed by atoms with Crippen molar-refractivity contribution in [3.05, 3.63) is 45.1 Å². The summed E-state index contributed by atoms with van der Waals surface area (Å²) in [5.74, 6) is 1.18. The molecule has 1 aliphatic rings. The molecular formula is C19H17BrN4O2S2. The third-order valence-electron chi connectivity index (χ3n) is 4.19. The molecule has 0 saturated carbocycles. The van der Waals surface area contributed by atoms with Gasteiger partial charge in [-0.05, 0) is 39.9 Å². The maximum atomic E-state index is 13.0. The molecule has 144 valence electrons. The standard InChI is InChI=1S/C19H17BrN4O2S2/c1-3-15(25)24-12-8-6-5-7-11(12)16-17(21-19(23-22-16)27-4-2)26-18(24)13-9-10-14(20)28-13/h5-10,18H,3-4H2,1-2H3/t18-/m1/s1. The van der Waals surface area contributed by atoms with Crippen LogP contribution in [0.1, 0.15) is 31.4 Å². The summed E-state index contributed by atoms with van der Waals surface area (Å²) in [4.78, 5) is 20.2. The number of fused-ring (bicyclic) bond motifs is 3. The van der Waals surface area contributed by atoms with Crippen LogP contribution in [0.5, 0.6) is 5.88 Å². The minimum Gasteiger partial charge on any atom is -0.446 e. The lowest BCUT2D eigenvalue weighted by Crippen LogP contribution is -2.36. The highest BCUT2D eigenvalue weighted by atomic mass is 79.9. The van der Waals surface area contributed by atoms with Crippen molar-refractivity contribution in [2.75, 3.05) is 10.7 Å². The summed E-state index contributed by atoms with van der Waals surface area (Å²) < 4.78 is 7.30. The van der Waals surface area contributed by atoms with Crippen molar-refractivity contribution < 1.29 is 9.53 Å². The quantitative estimate of drug-likeness (QED) is 0.475. The summed E-state index contributed by atoms with van der Waals surface area (Å²) in [6, 6.07) is 11.6. The number of benzene rings is 1. The van der Waals surface area contributed by atoms with E-state index in [1.807, 2.05) is 50.2 Å². The molecule has 28 heavy (non-hydrogen) atoms. The summed E-state index contributed by atoms with van der Waals surface area (Å²) in [6.07, 6.45) is -0.269. The van der Waals surface area contributed by atoms with Gasteiger partial charge in [0, 0.05) is 12.0 Å². The van der Waals surface area contributed by atoms with E-state index in [4.69, 9.17) is 4.74 Å². The van der Waals surface area contributed by atoms with Gasteiger partial charge in [0.1, 0.15) is 0 Å². The van der Waals surface area contributed by atoms with Crippen molar-refractivity contribution in [3.8, 4) is 17.1 Å². The van der Waals surface area contributed by atoms with Gasteiger partial charge in [0.25, 0.3) is 0 Å². The molecule has 0 N–H and O–H groups in total. The zero-order valence-corrected chi connectivity index (χ0v) is 18.5. The van der Waals surface area contributed by atoms with Crippen LogP contribution in [0, 0.1) is 0 Å². The number of anilines is 1. The second kappa shape index (κ2) is 8.18. The van der Waals surface area contributed by atoms with Gasteiger partial charge in [0.2, 0.25) is 23.2 Å². The molecule has 0 bridgehead atoms. The van der Waals surface area contributed by atoms with E-state index in [1.54, 1.807) is 4.90 Å². The number of amides is 1. The second-order valence-electron chi connectivity index (χ2n) is 5.93. The summed E-state index contributed by atoms with van der Waals surface area (Å²) in [5.41, 5.74) is 2.07. The topological polar surface area (TPSA) is 68.2 Å². The van der Waals surface area contributed by atoms with Crippen molar-refractivity contribution in [2.24, 2.45) is 0 Å². The Morgan fingerprint density at radius 1 is 1.25 bits per heavy atom. The molecule has 3 heterocycles. The Balaban J connectivity index is 1.94. The first-order chi connectivity index (χ1) is 13.6. The summed E-state index contributed by atoms with van der Waals surface area (Å²) in [7, 11) is 0. The minimum atomic E-state index is -0.623. The molecule has 0 radical (unpaired) electrons. The Labute approximate surface area is 179 Å². The van der Waals surface area contributed by atoms with Crippen LogP contribution >= 0.6 is 39.0 Å². The van der Waals surface area contributed by atoms with E-state index in [0.717, 1.165) is 25.7 Å². The van der Waals surface area contributed by atoms with E-state index < -0.39 is 6.23 Å². The molecule has 1 aromatic carbocycles.